The zero-order valence-electron chi connectivity index (χ0n) is 8.87. The molecule has 5 heteroatoms. The Hall–Kier alpha value is -1.36. The molecule has 2 aromatic rings. The lowest BCUT2D eigenvalue weighted by Crippen LogP contribution is -2.00. The first-order valence-corrected chi connectivity index (χ1v) is 5.85. The molecule has 0 atom stereocenters. The second kappa shape index (κ2) is 4.44. The number of thiophene rings is 1. The molecule has 2 heterocycles. The number of nitrogens with zero attached hydrogens (tertiary/aromatic N) is 2. The van der Waals surface area contributed by atoms with Gasteiger partial charge in [-0.05, 0) is 23.9 Å². The van der Waals surface area contributed by atoms with Gasteiger partial charge in [-0.3, -0.25) is 5.10 Å². The molecule has 0 aliphatic heterocycles. The van der Waals surface area contributed by atoms with Gasteiger partial charge < -0.3 is 5.32 Å². The summed E-state index contributed by atoms with van der Waals surface area (Å²) in [5, 5.41) is 12.3. The minimum atomic E-state index is 0.680. The average Bonchev–Trinajstić information content (AvgIpc) is 2.84. The van der Waals surface area contributed by atoms with Gasteiger partial charge in [0.1, 0.15) is 5.82 Å². The Bertz CT molecular complexity index is 432. The number of rotatable bonds is 4. The second-order valence-electron chi connectivity index (χ2n) is 3.34. The van der Waals surface area contributed by atoms with Crippen LogP contribution in [0.2, 0.25) is 0 Å². The molecule has 0 radical (unpaired) electrons. The fraction of sp³-hybridized carbons (Fsp3) is 0.400. The standard InChI is InChI=1S/C10H14N4S/c1-3-9-12-10(14-13-9)11-6-8-7(2)4-5-15-8/h4-5H,3,6H2,1-2H3,(H2,11,12,13,14). The lowest BCUT2D eigenvalue weighted by atomic mass is 10.3. The molecule has 0 aliphatic carbocycles. The molecule has 0 bridgehead atoms. The fourth-order valence-corrected chi connectivity index (χ4v) is 2.12. The SMILES string of the molecule is CCc1nc(NCc2sccc2C)n[nH]1. The van der Waals surface area contributed by atoms with Gasteiger partial charge in [0.15, 0.2) is 0 Å². The maximum Gasteiger partial charge on any atom is 0.242 e. The molecule has 0 aliphatic rings. The van der Waals surface area contributed by atoms with Crippen LogP contribution in [0.5, 0.6) is 0 Å². The van der Waals surface area contributed by atoms with Crippen LogP contribution in [0.25, 0.3) is 0 Å². The van der Waals surface area contributed by atoms with Gasteiger partial charge in [-0.2, -0.15) is 4.98 Å². The zero-order valence-corrected chi connectivity index (χ0v) is 9.69. The minimum Gasteiger partial charge on any atom is -0.348 e. The Kier molecular flexibility index (Phi) is 3.01. The maximum atomic E-state index is 4.28. The molecule has 0 saturated carbocycles. The van der Waals surface area contributed by atoms with E-state index in [1.807, 2.05) is 6.92 Å². The van der Waals surface area contributed by atoms with Crippen LogP contribution in [0.15, 0.2) is 11.4 Å². The number of nitrogens with one attached hydrogen (secondary N) is 2. The summed E-state index contributed by atoms with van der Waals surface area (Å²) in [5.74, 6) is 1.60. The molecule has 0 saturated heterocycles. The smallest absolute Gasteiger partial charge is 0.242 e. The summed E-state index contributed by atoms with van der Waals surface area (Å²) in [6.45, 7) is 4.96. The topological polar surface area (TPSA) is 53.6 Å². The molecule has 2 aromatic heterocycles. The van der Waals surface area contributed by atoms with E-state index in [1.54, 1.807) is 11.3 Å². The zero-order chi connectivity index (χ0) is 10.7. The van der Waals surface area contributed by atoms with E-state index in [2.05, 4.69) is 38.9 Å². The van der Waals surface area contributed by atoms with Gasteiger partial charge >= 0.3 is 0 Å². The van der Waals surface area contributed by atoms with Gasteiger partial charge in [0.05, 0.1) is 6.54 Å². The number of anilines is 1. The Labute approximate surface area is 92.8 Å². The molecular weight excluding hydrogens is 208 g/mol. The van der Waals surface area contributed by atoms with Crippen molar-refractivity contribution in [3.8, 4) is 0 Å². The monoisotopic (exact) mass is 222 g/mol. The summed E-state index contributed by atoms with van der Waals surface area (Å²) in [7, 11) is 0. The van der Waals surface area contributed by atoms with E-state index in [0.717, 1.165) is 18.8 Å². The van der Waals surface area contributed by atoms with E-state index >= 15 is 0 Å². The van der Waals surface area contributed by atoms with E-state index in [9.17, 15) is 0 Å². The Morgan fingerprint density at radius 3 is 3.00 bits per heavy atom. The van der Waals surface area contributed by atoms with Crippen LogP contribution >= 0.6 is 11.3 Å². The molecular formula is C10H14N4S. The maximum absolute atomic E-state index is 4.28. The van der Waals surface area contributed by atoms with Gasteiger partial charge in [-0.1, -0.05) is 6.92 Å². The predicted molar refractivity (Wildman–Crippen MR) is 62.1 cm³/mol. The average molecular weight is 222 g/mol. The van der Waals surface area contributed by atoms with Gasteiger partial charge in [-0.15, -0.1) is 16.4 Å². The highest BCUT2D eigenvalue weighted by molar-refractivity contribution is 7.10. The summed E-state index contributed by atoms with van der Waals surface area (Å²) >= 11 is 1.75. The summed E-state index contributed by atoms with van der Waals surface area (Å²) in [6, 6.07) is 2.12. The van der Waals surface area contributed by atoms with Crippen LogP contribution in [0.1, 0.15) is 23.2 Å². The van der Waals surface area contributed by atoms with Gasteiger partial charge in [0, 0.05) is 11.3 Å². The minimum absolute atomic E-state index is 0.680. The van der Waals surface area contributed by atoms with Gasteiger partial charge in [0.25, 0.3) is 0 Å². The third-order valence-corrected chi connectivity index (χ3v) is 3.26. The predicted octanol–water partition coefficient (Wildman–Crippen LogP) is 2.35. The molecule has 0 aromatic carbocycles. The normalized spacial score (nSPS) is 10.5. The van der Waals surface area contributed by atoms with Crippen molar-refractivity contribution in [1.82, 2.24) is 15.2 Å². The van der Waals surface area contributed by atoms with Crippen molar-refractivity contribution in [1.29, 1.82) is 0 Å². The van der Waals surface area contributed by atoms with Crippen molar-refractivity contribution in [3.05, 3.63) is 27.7 Å². The summed E-state index contributed by atoms with van der Waals surface area (Å²) in [5.41, 5.74) is 1.32. The van der Waals surface area contributed by atoms with Crippen molar-refractivity contribution >= 4 is 17.3 Å². The third kappa shape index (κ3) is 2.36. The molecule has 2 rings (SSSR count). The number of hydrogen-bond acceptors (Lipinski definition) is 4. The highest BCUT2D eigenvalue weighted by atomic mass is 32.1. The largest absolute Gasteiger partial charge is 0.348 e. The van der Waals surface area contributed by atoms with E-state index in [-0.39, 0.29) is 0 Å². The fourth-order valence-electron chi connectivity index (χ4n) is 1.28. The Morgan fingerprint density at radius 2 is 2.40 bits per heavy atom. The number of aryl methyl sites for hydroxylation is 2. The quantitative estimate of drug-likeness (QED) is 0.835. The van der Waals surface area contributed by atoms with E-state index in [4.69, 9.17) is 0 Å². The highest BCUT2D eigenvalue weighted by Crippen LogP contribution is 2.16. The molecule has 15 heavy (non-hydrogen) atoms. The van der Waals surface area contributed by atoms with Crippen LogP contribution in [-0.4, -0.2) is 15.2 Å². The number of aromatic amines is 1. The molecule has 4 nitrogen and oxygen atoms in total. The van der Waals surface area contributed by atoms with Gasteiger partial charge in [0.2, 0.25) is 5.95 Å². The van der Waals surface area contributed by atoms with Crippen molar-refractivity contribution in [2.75, 3.05) is 5.32 Å². The Morgan fingerprint density at radius 1 is 1.53 bits per heavy atom. The number of H-pyrrole nitrogens is 1. The molecule has 80 valence electrons. The van der Waals surface area contributed by atoms with Crippen molar-refractivity contribution < 1.29 is 0 Å². The van der Waals surface area contributed by atoms with Crippen LogP contribution in [0.4, 0.5) is 5.95 Å². The van der Waals surface area contributed by atoms with Crippen LogP contribution < -0.4 is 5.32 Å². The summed E-state index contributed by atoms with van der Waals surface area (Å²) in [6.07, 6.45) is 0.882. The molecule has 0 fully saturated rings. The number of aromatic nitrogens is 3. The van der Waals surface area contributed by atoms with E-state index in [1.165, 1.54) is 10.4 Å². The van der Waals surface area contributed by atoms with E-state index in [0.29, 0.717) is 5.95 Å². The first-order valence-electron chi connectivity index (χ1n) is 4.97. The summed E-state index contributed by atoms with van der Waals surface area (Å²) < 4.78 is 0. The van der Waals surface area contributed by atoms with Crippen molar-refractivity contribution in [2.24, 2.45) is 0 Å². The Balaban J connectivity index is 1.96. The second-order valence-corrected chi connectivity index (χ2v) is 4.34. The van der Waals surface area contributed by atoms with Crippen molar-refractivity contribution in [3.63, 3.8) is 0 Å². The first-order chi connectivity index (χ1) is 7.29. The van der Waals surface area contributed by atoms with Gasteiger partial charge in [-0.25, -0.2) is 0 Å². The van der Waals surface area contributed by atoms with E-state index < -0.39 is 0 Å². The molecule has 0 unspecified atom stereocenters. The lowest BCUT2D eigenvalue weighted by Gasteiger charge is -1.99. The molecule has 0 spiro atoms. The summed E-state index contributed by atoms with van der Waals surface area (Å²) in [4.78, 5) is 5.62. The highest BCUT2D eigenvalue weighted by Gasteiger charge is 2.03. The first kappa shape index (κ1) is 10.2. The third-order valence-electron chi connectivity index (χ3n) is 2.24. The number of hydrogen-bond donors (Lipinski definition) is 2. The van der Waals surface area contributed by atoms with Crippen LogP contribution in [0.3, 0.4) is 0 Å². The lowest BCUT2D eigenvalue weighted by molar-refractivity contribution is 0.946. The van der Waals surface area contributed by atoms with Crippen LogP contribution in [-0.2, 0) is 13.0 Å². The molecule has 0 amide bonds. The van der Waals surface area contributed by atoms with Crippen LogP contribution in [0, 0.1) is 6.92 Å². The molecule has 2 N–H and O–H groups in total. The van der Waals surface area contributed by atoms with Crippen molar-refractivity contribution in [2.45, 2.75) is 26.8 Å².